The topological polar surface area (TPSA) is 43.4 Å². The standard InChI is InChI=1S/C9H14O3/c1-3-5-6-12-9(11)8(4-2)7-10/h4,7H,3,5-6H2,1-2H3. The van der Waals surface area contributed by atoms with Crippen molar-refractivity contribution < 1.29 is 14.3 Å². The largest absolute Gasteiger partial charge is 0.462 e. The highest BCUT2D eigenvalue weighted by molar-refractivity contribution is 6.07. The summed E-state index contributed by atoms with van der Waals surface area (Å²) < 4.78 is 4.79. The predicted octanol–water partition coefficient (Wildman–Crippen LogP) is 1.47. The minimum absolute atomic E-state index is 0.0890. The van der Waals surface area contributed by atoms with Crippen LogP contribution in [0.2, 0.25) is 0 Å². The molecule has 0 atom stereocenters. The monoisotopic (exact) mass is 170 g/mol. The third-order valence-electron chi connectivity index (χ3n) is 1.40. The van der Waals surface area contributed by atoms with Crippen LogP contribution in [-0.2, 0) is 14.3 Å². The van der Waals surface area contributed by atoms with Gasteiger partial charge in [0.2, 0.25) is 0 Å². The van der Waals surface area contributed by atoms with Gasteiger partial charge in [-0.05, 0) is 13.3 Å². The summed E-state index contributed by atoms with van der Waals surface area (Å²) in [7, 11) is 0. The molecule has 0 bridgehead atoms. The van der Waals surface area contributed by atoms with Crippen molar-refractivity contribution >= 4 is 12.3 Å². The van der Waals surface area contributed by atoms with Crippen molar-refractivity contribution in [3.05, 3.63) is 11.6 Å². The van der Waals surface area contributed by atoms with Gasteiger partial charge in [-0.3, -0.25) is 4.79 Å². The molecule has 0 saturated heterocycles. The van der Waals surface area contributed by atoms with E-state index in [0.717, 1.165) is 12.8 Å². The maximum absolute atomic E-state index is 11.0. The van der Waals surface area contributed by atoms with E-state index in [1.165, 1.54) is 6.08 Å². The van der Waals surface area contributed by atoms with Gasteiger partial charge in [0.25, 0.3) is 0 Å². The fourth-order valence-electron chi connectivity index (χ4n) is 0.627. The zero-order chi connectivity index (χ0) is 9.40. The lowest BCUT2D eigenvalue weighted by atomic mass is 10.3. The molecule has 0 saturated carbocycles. The van der Waals surface area contributed by atoms with E-state index in [4.69, 9.17) is 4.74 Å². The normalized spacial score (nSPS) is 11.0. The Bertz CT molecular complexity index is 182. The molecule has 3 heteroatoms. The molecule has 0 aromatic carbocycles. The van der Waals surface area contributed by atoms with Crippen LogP contribution in [0.25, 0.3) is 0 Å². The Kier molecular flexibility index (Phi) is 5.97. The van der Waals surface area contributed by atoms with Crippen molar-refractivity contribution in [2.24, 2.45) is 0 Å². The predicted molar refractivity (Wildman–Crippen MR) is 45.7 cm³/mol. The summed E-state index contributed by atoms with van der Waals surface area (Å²) >= 11 is 0. The molecule has 0 unspecified atom stereocenters. The summed E-state index contributed by atoms with van der Waals surface area (Å²) in [6.07, 6.45) is 3.76. The van der Waals surface area contributed by atoms with E-state index in [0.29, 0.717) is 12.9 Å². The molecule has 0 rings (SSSR count). The van der Waals surface area contributed by atoms with E-state index >= 15 is 0 Å². The first-order valence-corrected chi connectivity index (χ1v) is 4.04. The van der Waals surface area contributed by atoms with Gasteiger partial charge in [0.05, 0.1) is 12.2 Å². The highest BCUT2D eigenvalue weighted by Gasteiger charge is 2.07. The number of esters is 1. The van der Waals surface area contributed by atoms with Crippen LogP contribution in [0, 0.1) is 0 Å². The van der Waals surface area contributed by atoms with E-state index in [2.05, 4.69) is 0 Å². The number of rotatable bonds is 5. The van der Waals surface area contributed by atoms with Gasteiger partial charge in [-0.25, -0.2) is 4.79 Å². The van der Waals surface area contributed by atoms with Crippen LogP contribution in [0.15, 0.2) is 11.6 Å². The van der Waals surface area contributed by atoms with E-state index in [-0.39, 0.29) is 5.57 Å². The molecular weight excluding hydrogens is 156 g/mol. The van der Waals surface area contributed by atoms with Crippen LogP contribution < -0.4 is 0 Å². The molecule has 12 heavy (non-hydrogen) atoms. The summed E-state index contributed by atoms with van der Waals surface area (Å²) in [6, 6.07) is 0. The Morgan fingerprint density at radius 1 is 1.50 bits per heavy atom. The van der Waals surface area contributed by atoms with Crippen LogP contribution in [0.5, 0.6) is 0 Å². The number of ether oxygens (including phenoxy) is 1. The first-order chi connectivity index (χ1) is 5.76. The minimum Gasteiger partial charge on any atom is -0.462 e. The lowest BCUT2D eigenvalue weighted by molar-refractivity contribution is -0.139. The third-order valence-corrected chi connectivity index (χ3v) is 1.40. The zero-order valence-corrected chi connectivity index (χ0v) is 7.50. The molecule has 0 aliphatic carbocycles. The molecule has 0 aliphatic heterocycles. The summed E-state index contributed by atoms with van der Waals surface area (Å²) in [5.41, 5.74) is 0.0890. The smallest absolute Gasteiger partial charge is 0.341 e. The molecule has 0 aromatic heterocycles. The molecule has 0 heterocycles. The molecule has 0 N–H and O–H groups in total. The van der Waals surface area contributed by atoms with Crippen molar-refractivity contribution in [1.82, 2.24) is 0 Å². The van der Waals surface area contributed by atoms with Crippen molar-refractivity contribution in [3.63, 3.8) is 0 Å². The summed E-state index contributed by atoms with van der Waals surface area (Å²) in [5, 5.41) is 0. The lowest BCUT2D eigenvalue weighted by Crippen LogP contribution is -2.09. The van der Waals surface area contributed by atoms with Crippen molar-refractivity contribution in [2.45, 2.75) is 26.7 Å². The molecule has 0 amide bonds. The highest BCUT2D eigenvalue weighted by atomic mass is 16.5. The Hall–Kier alpha value is -1.12. The molecule has 0 aromatic rings. The van der Waals surface area contributed by atoms with E-state index in [9.17, 15) is 9.59 Å². The number of allylic oxidation sites excluding steroid dienone is 1. The van der Waals surface area contributed by atoms with Crippen LogP contribution in [-0.4, -0.2) is 18.9 Å². The fourth-order valence-corrected chi connectivity index (χ4v) is 0.627. The van der Waals surface area contributed by atoms with Gasteiger partial charge >= 0.3 is 5.97 Å². The quantitative estimate of drug-likeness (QED) is 0.157. The van der Waals surface area contributed by atoms with Crippen LogP contribution in [0.3, 0.4) is 0 Å². The second-order valence-corrected chi connectivity index (χ2v) is 2.35. The van der Waals surface area contributed by atoms with Crippen LogP contribution in [0.4, 0.5) is 0 Å². The molecule has 0 radical (unpaired) electrons. The van der Waals surface area contributed by atoms with Gasteiger partial charge in [0.1, 0.15) is 0 Å². The number of carbonyl (C=O) groups is 2. The second kappa shape index (κ2) is 6.58. The first-order valence-electron chi connectivity index (χ1n) is 4.04. The van der Waals surface area contributed by atoms with Gasteiger partial charge in [-0.1, -0.05) is 19.4 Å². The van der Waals surface area contributed by atoms with Crippen molar-refractivity contribution in [2.75, 3.05) is 6.61 Å². The summed E-state index contributed by atoms with van der Waals surface area (Å²) in [4.78, 5) is 21.2. The van der Waals surface area contributed by atoms with Gasteiger partial charge in [0.15, 0.2) is 6.29 Å². The van der Waals surface area contributed by atoms with Crippen molar-refractivity contribution in [3.8, 4) is 0 Å². The van der Waals surface area contributed by atoms with Gasteiger partial charge in [-0.15, -0.1) is 0 Å². The Morgan fingerprint density at radius 3 is 2.58 bits per heavy atom. The van der Waals surface area contributed by atoms with Gasteiger partial charge in [0, 0.05) is 0 Å². The highest BCUT2D eigenvalue weighted by Crippen LogP contribution is 1.96. The molecule has 0 fully saturated rings. The maximum Gasteiger partial charge on any atom is 0.341 e. The van der Waals surface area contributed by atoms with Crippen LogP contribution in [0.1, 0.15) is 26.7 Å². The SMILES string of the molecule is CC=C(C=O)C(=O)OCCCC. The van der Waals surface area contributed by atoms with Gasteiger partial charge < -0.3 is 4.74 Å². The van der Waals surface area contributed by atoms with Crippen molar-refractivity contribution in [1.29, 1.82) is 0 Å². The van der Waals surface area contributed by atoms with Crippen LogP contribution >= 0.6 is 0 Å². The number of unbranched alkanes of at least 4 members (excludes halogenated alkanes) is 1. The van der Waals surface area contributed by atoms with E-state index < -0.39 is 5.97 Å². The number of hydrogen-bond donors (Lipinski definition) is 0. The lowest BCUT2D eigenvalue weighted by Gasteiger charge is -2.01. The van der Waals surface area contributed by atoms with E-state index in [1.54, 1.807) is 6.92 Å². The average Bonchev–Trinajstić information content (AvgIpc) is 2.07. The molecular formula is C9H14O3. The average molecular weight is 170 g/mol. The Morgan fingerprint density at radius 2 is 2.17 bits per heavy atom. The zero-order valence-electron chi connectivity index (χ0n) is 7.50. The third kappa shape index (κ3) is 3.91. The number of hydrogen-bond acceptors (Lipinski definition) is 3. The number of carbonyl (C=O) groups excluding carboxylic acids is 2. The second-order valence-electron chi connectivity index (χ2n) is 2.35. The minimum atomic E-state index is -0.527. The number of aldehydes is 1. The molecule has 0 aliphatic rings. The first kappa shape index (κ1) is 10.9. The van der Waals surface area contributed by atoms with Gasteiger partial charge in [-0.2, -0.15) is 0 Å². The molecule has 0 spiro atoms. The maximum atomic E-state index is 11.0. The molecule has 68 valence electrons. The molecule has 3 nitrogen and oxygen atoms in total. The fraction of sp³-hybridized carbons (Fsp3) is 0.556. The Labute approximate surface area is 72.4 Å². The summed E-state index contributed by atoms with van der Waals surface area (Å²) in [6.45, 7) is 4.02. The Balaban J connectivity index is 3.78. The summed E-state index contributed by atoms with van der Waals surface area (Å²) in [5.74, 6) is -0.527. The van der Waals surface area contributed by atoms with E-state index in [1.807, 2.05) is 6.92 Å².